The molecule has 0 amide bonds. The fraction of sp³-hybridized carbons (Fsp3) is 1.00. The first-order valence-electron chi connectivity index (χ1n) is 13.8. The van der Waals surface area contributed by atoms with Gasteiger partial charge in [-0.2, -0.15) is 0 Å². The van der Waals surface area contributed by atoms with Crippen molar-refractivity contribution in [3.8, 4) is 0 Å². The van der Waals surface area contributed by atoms with Gasteiger partial charge in [0.1, 0.15) is 13.4 Å². The molecule has 4 saturated heterocycles. The maximum Gasteiger partial charge on any atom is 0.149 e. The highest BCUT2D eigenvalue weighted by molar-refractivity contribution is 6.70. The van der Waals surface area contributed by atoms with Gasteiger partial charge in [-0.1, -0.05) is 164 Å². The Bertz CT molecular complexity index is 377. The first-order chi connectivity index (χ1) is 13.8. The van der Waals surface area contributed by atoms with Gasteiger partial charge in [-0.15, -0.1) is 0 Å². The Morgan fingerprint density at radius 3 is 1.07 bits per heavy atom. The summed E-state index contributed by atoms with van der Waals surface area (Å²) in [6, 6.07) is 0. The molecule has 4 aliphatic heterocycles. The largest absolute Gasteiger partial charge is 0.149 e. The molecule has 158 valence electrons. The number of hydrogen-bond acceptors (Lipinski definition) is 0. The van der Waals surface area contributed by atoms with E-state index in [-0.39, 0.29) is 0 Å². The lowest BCUT2D eigenvalue weighted by Crippen LogP contribution is -2.46. The second-order valence-electron chi connectivity index (χ2n) is 11.5. The van der Waals surface area contributed by atoms with Crippen LogP contribution < -0.4 is 0 Å². The summed E-state index contributed by atoms with van der Waals surface area (Å²) in [5.41, 5.74) is 0. The van der Waals surface area contributed by atoms with Gasteiger partial charge in [-0.3, -0.25) is 0 Å². The average molecular weight is 382 g/mol. The van der Waals surface area contributed by atoms with Crippen molar-refractivity contribution in [1.82, 2.24) is 0 Å². The zero-order chi connectivity index (χ0) is 19.3. The van der Waals surface area contributed by atoms with Crippen molar-refractivity contribution in [3.05, 3.63) is 0 Å². The van der Waals surface area contributed by atoms with Gasteiger partial charge in [0.05, 0.1) is 0 Å². The van der Waals surface area contributed by atoms with Crippen LogP contribution in [0.5, 0.6) is 0 Å². The lowest BCUT2D eigenvalue weighted by atomic mass is 9.13. The van der Waals surface area contributed by atoms with Gasteiger partial charge in [-0.05, 0) is 0 Å². The standard InChI is InChI=1S/C26H48B2/c1-3-5-19-25(27-21-11-7-12-22(27)14-8-13-21)26(20-6-4-2)28-23-15-9-16-24(28)18-10-17-23/h21-26H,3-20H2,1-2H3. The van der Waals surface area contributed by atoms with E-state index in [0.29, 0.717) is 0 Å². The molecule has 4 heterocycles. The zero-order valence-corrected chi connectivity index (χ0v) is 19.3. The normalized spacial score (nSPS) is 34.9. The molecule has 0 radical (unpaired) electrons. The van der Waals surface area contributed by atoms with Gasteiger partial charge in [0.2, 0.25) is 0 Å². The van der Waals surface area contributed by atoms with Crippen molar-refractivity contribution in [2.24, 2.45) is 0 Å². The van der Waals surface area contributed by atoms with Crippen LogP contribution >= 0.6 is 0 Å². The summed E-state index contributed by atoms with van der Waals surface area (Å²) < 4.78 is 0. The van der Waals surface area contributed by atoms with Crippen LogP contribution in [-0.4, -0.2) is 13.4 Å². The van der Waals surface area contributed by atoms with Crippen molar-refractivity contribution >= 4 is 13.4 Å². The van der Waals surface area contributed by atoms with Gasteiger partial charge in [0.15, 0.2) is 0 Å². The minimum Gasteiger partial charge on any atom is -0.0654 e. The molecule has 4 aliphatic rings. The molecule has 2 unspecified atom stereocenters. The van der Waals surface area contributed by atoms with Crippen LogP contribution in [0.2, 0.25) is 34.9 Å². The van der Waals surface area contributed by atoms with Crippen LogP contribution in [0.3, 0.4) is 0 Å². The molecule has 4 fully saturated rings. The SMILES string of the molecule is CCCCC(B1C2CCCC1CCC2)C(CCCC)B1C2CCCC1CCC2. The molecular weight excluding hydrogens is 334 g/mol. The van der Waals surface area contributed by atoms with E-state index in [0.717, 1.165) is 48.3 Å². The van der Waals surface area contributed by atoms with E-state index in [9.17, 15) is 0 Å². The average Bonchev–Trinajstić information content (AvgIpc) is 2.69. The molecule has 4 rings (SSSR count). The van der Waals surface area contributed by atoms with Crippen molar-refractivity contribution in [2.45, 2.75) is 164 Å². The number of unbranched alkanes of at least 4 members (excludes halogenated alkanes) is 2. The van der Waals surface area contributed by atoms with Crippen molar-refractivity contribution < 1.29 is 0 Å². The maximum absolute atomic E-state index is 2.44. The maximum atomic E-state index is 2.44. The molecule has 0 aromatic rings. The first-order valence-corrected chi connectivity index (χ1v) is 13.8. The first kappa shape index (κ1) is 21.4. The fourth-order valence-corrected chi connectivity index (χ4v) is 9.12. The summed E-state index contributed by atoms with van der Waals surface area (Å²) in [5.74, 6) is 6.63. The molecule has 0 aromatic carbocycles. The summed E-state index contributed by atoms with van der Waals surface area (Å²) >= 11 is 0. The molecule has 0 aliphatic carbocycles. The molecule has 0 N–H and O–H groups in total. The summed E-state index contributed by atoms with van der Waals surface area (Å²) in [4.78, 5) is 0. The highest BCUT2D eigenvalue weighted by Crippen LogP contribution is 2.60. The van der Waals surface area contributed by atoms with Crippen LogP contribution in [0.4, 0.5) is 0 Å². The van der Waals surface area contributed by atoms with Crippen LogP contribution in [-0.2, 0) is 0 Å². The van der Waals surface area contributed by atoms with E-state index in [1.807, 2.05) is 0 Å². The van der Waals surface area contributed by atoms with Gasteiger partial charge in [-0.25, -0.2) is 0 Å². The Hall–Kier alpha value is 0.130. The lowest BCUT2D eigenvalue weighted by Gasteiger charge is -2.52. The van der Waals surface area contributed by atoms with Crippen LogP contribution in [0.25, 0.3) is 0 Å². The van der Waals surface area contributed by atoms with Gasteiger partial charge in [0.25, 0.3) is 0 Å². The Kier molecular flexibility index (Phi) is 7.96. The van der Waals surface area contributed by atoms with Crippen molar-refractivity contribution in [1.29, 1.82) is 0 Å². The Morgan fingerprint density at radius 2 is 0.821 bits per heavy atom. The summed E-state index contributed by atoms with van der Waals surface area (Å²) in [7, 11) is 0. The van der Waals surface area contributed by atoms with Gasteiger partial charge < -0.3 is 0 Å². The third-order valence-electron chi connectivity index (χ3n) is 10.1. The second kappa shape index (κ2) is 10.4. The molecule has 0 spiro atoms. The van der Waals surface area contributed by atoms with Gasteiger partial charge >= 0.3 is 0 Å². The Labute approximate surface area is 177 Å². The fourth-order valence-electron chi connectivity index (χ4n) is 9.12. The quantitative estimate of drug-likeness (QED) is 0.349. The van der Waals surface area contributed by atoms with Crippen molar-refractivity contribution in [3.63, 3.8) is 0 Å². The van der Waals surface area contributed by atoms with Crippen LogP contribution in [0.1, 0.15) is 129 Å². The summed E-state index contributed by atoms with van der Waals surface area (Å²) in [5, 5.41) is 0. The minimum absolute atomic E-state index is 1.09. The topological polar surface area (TPSA) is 0 Å². The third-order valence-corrected chi connectivity index (χ3v) is 10.1. The number of rotatable bonds is 9. The lowest BCUT2D eigenvalue weighted by molar-refractivity contribution is 0.404. The molecule has 2 atom stereocenters. The Balaban J connectivity index is 1.61. The smallest absolute Gasteiger partial charge is 0.0654 e. The number of hydrogen-bond donors (Lipinski definition) is 0. The Morgan fingerprint density at radius 1 is 0.536 bits per heavy atom. The highest BCUT2D eigenvalue weighted by Gasteiger charge is 2.51. The van der Waals surface area contributed by atoms with E-state index < -0.39 is 0 Å². The van der Waals surface area contributed by atoms with Crippen molar-refractivity contribution in [2.75, 3.05) is 0 Å². The second-order valence-corrected chi connectivity index (χ2v) is 11.5. The monoisotopic (exact) mass is 382 g/mol. The van der Waals surface area contributed by atoms with E-state index in [2.05, 4.69) is 13.8 Å². The predicted molar refractivity (Wildman–Crippen MR) is 128 cm³/mol. The molecule has 0 nitrogen and oxygen atoms in total. The van der Waals surface area contributed by atoms with E-state index in [1.54, 1.807) is 89.9 Å². The zero-order valence-electron chi connectivity index (χ0n) is 19.3. The summed E-state index contributed by atoms with van der Waals surface area (Å²) in [6.07, 6.45) is 27.9. The molecule has 0 aromatic heterocycles. The van der Waals surface area contributed by atoms with Crippen LogP contribution in [0.15, 0.2) is 0 Å². The van der Waals surface area contributed by atoms with E-state index in [1.165, 1.54) is 25.7 Å². The minimum atomic E-state index is 1.09. The molecule has 28 heavy (non-hydrogen) atoms. The summed E-state index contributed by atoms with van der Waals surface area (Å²) in [6.45, 7) is 7.13. The predicted octanol–water partition coefficient (Wildman–Crippen LogP) is 9.31. The molecular formula is C26H48B2. The van der Waals surface area contributed by atoms with Gasteiger partial charge in [0, 0.05) is 0 Å². The third kappa shape index (κ3) is 4.56. The molecule has 0 saturated carbocycles. The molecule has 2 heteroatoms. The number of fused-ring (bicyclic) bond motifs is 4. The highest BCUT2D eigenvalue weighted by atomic mass is 14.3. The van der Waals surface area contributed by atoms with E-state index >= 15 is 0 Å². The van der Waals surface area contributed by atoms with E-state index in [4.69, 9.17) is 0 Å². The van der Waals surface area contributed by atoms with Crippen LogP contribution in [0, 0.1) is 0 Å². The molecule has 4 bridgehead atoms.